The Morgan fingerprint density at radius 3 is 2.68 bits per heavy atom. The van der Waals surface area contributed by atoms with Gasteiger partial charge in [0.15, 0.2) is 0 Å². The van der Waals surface area contributed by atoms with Crippen LogP contribution >= 0.6 is 0 Å². The molecular formula is C24H30N6O. The van der Waals surface area contributed by atoms with Gasteiger partial charge < -0.3 is 10.3 Å². The van der Waals surface area contributed by atoms with Crippen LogP contribution in [-0.2, 0) is 11.2 Å². The van der Waals surface area contributed by atoms with Crippen LogP contribution in [0.1, 0.15) is 78.9 Å². The van der Waals surface area contributed by atoms with Crippen LogP contribution in [0, 0.1) is 6.92 Å². The van der Waals surface area contributed by atoms with Crippen LogP contribution in [0.4, 0.5) is 0 Å². The summed E-state index contributed by atoms with van der Waals surface area (Å²) in [4.78, 5) is 24.2. The molecule has 3 aliphatic rings. The molecule has 0 atom stereocenters. The lowest BCUT2D eigenvalue weighted by Crippen LogP contribution is -2.35. The summed E-state index contributed by atoms with van der Waals surface area (Å²) in [6.45, 7) is 3.27. The van der Waals surface area contributed by atoms with E-state index in [0.717, 1.165) is 30.3 Å². The van der Waals surface area contributed by atoms with Crippen LogP contribution in [0.15, 0.2) is 29.4 Å². The molecule has 0 aromatic carbocycles. The van der Waals surface area contributed by atoms with E-state index in [9.17, 15) is 4.79 Å². The third kappa shape index (κ3) is 4.32. The number of rotatable bonds is 9. The van der Waals surface area contributed by atoms with E-state index in [4.69, 9.17) is 0 Å². The monoisotopic (exact) mass is 418 g/mol. The smallest absolute Gasteiger partial charge is 0.273 e. The fourth-order valence-corrected chi connectivity index (χ4v) is 4.58. The van der Waals surface area contributed by atoms with Crippen LogP contribution in [0.2, 0.25) is 0 Å². The lowest BCUT2D eigenvalue weighted by molar-refractivity contribution is -0.116. The van der Waals surface area contributed by atoms with Crippen LogP contribution in [0.3, 0.4) is 0 Å². The molecule has 3 N–H and O–H groups in total. The molecule has 7 heteroatoms. The van der Waals surface area contributed by atoms with E-state index >= 15 is 0 Å². The standard InChI is InChI=1S/C24H30N6O/c1-15-19(7-2-3-10-27-18-5-4-6-18)22(16-8-9-16)21(28-15)11-20-23(29-30-24(20)31)17-12-25-14-26-13-17/h11-14,16,18,27-28H,2-10H2,1H3,(H,30,31). The molecule has 0 radical (unpaired) electrons. The van der Waals surface area contributed by atoms with Gasteiger partial charge in [-0.2, -0.15) is 5.10 Å². The van der Waals surface area contributed by atoms with E-state index in [-0.39, 0.29) is 5.91 Å². The highest BCUT2D eigenvalue weighted by atomic mass is 16.2. The van der Waals surface area contributed by atoms with E-state index < -0.39 is 0 Å². The molecule has 5 rings (SSSR count). The van der Waals surface area contributed by atoms with E-state index in [1.807, 2.05) is 6.08 Å². The first-order valence-corrected chi connectivity index (χ1v) is 11.5. The zero-order valence-corrected chi connectivity index (χ0v) is 18.1. The highest BCUT2D eigenvalue weighted by molar-refractivity contribution is 6.33. The molecule has 2 saturated carbocycles. The second kappa shape index (κ2) is 8.75. The molecule has 2 aliphatic carbocycles. The van der Waals surface area contributed by atoms with Crippen molar-refractivity contribution in [2.24, 2.45) is 5.10 Å². The molecule has 2 aromatic heterocycles. The van der Waals surface area contributed by atoms with Gasteiger partial charge in [0.25, 0.3) is 5.91 Å². The largest absolute Gasteiger partial charge is 0.359 e. The normalized spacial score (nSPS) is 20.1. The Balaban J connectivity index is 1.35. The molecule has 0 spiro atoms. The summed E-state index contributed by atoms with van der Waals surface area (Å²) < 4.78 is 0. The van der Waals surface area contributed by atoms with Gasteiger partial charge in [-0.1, -0.05) is 6.42 Å². The number of nitrogens with one attached hydrogen (secondary N) is 3. The second-order valence-corrected chi connectivity index (χ2v) is 8.96. The molecule has 1 aliphatic heterocycles. The van der Waals surface area contributed by atoms with Crippen LogP contribution < -0.4 is 10.7 Å². The molecule has 1 amide bonds. The van der Waals surface area contributed by atoms with Crippen LogP contribution in [0.5, 0.6) is 0 Å². The van der Waals surface area contributed by atoms with Gasteiger partial charge in [-0.05, 0) is 81.5 Å². The van der Waals surface area contributed by atoms with Crippen molar-refractivity contribution in [2.75, 3.05) is 6.54 Å². The van der Waals surface area contributed by atoms with Crippen molar-refractivity contribution in [3.63, 3.8) is 0 Å². The van der Waals surface area contributed by atoms with Gasteiger partial charge in [0, 0.05) is 35.4 Å². The van der Waals surface area contributed by atoms with Crippen molar-refractivity contribution in [3.8, 4) is 0 Å². The van der Waals surface area contributed by atoms with Gasteiger partial charge in [0.1, 0.15) is 12.0 Å². The number of hydrazone groups is 1. The predicted octanol–water partition coefficient (Wildman–Crippen LogP) is 3.37. The van der Waals surface area contributed by atoms with Crippen molar-refractivity contribution in [3.05, 3.63) is 52.4 Å². The minimum atomic E-state index is -0.184. The Morgan fingerprint density at radius 1 is 1.16 bits per heavy atom. The summed E-state index contributed by atoms with van der Waals surface area (Å²) in [5.41, 5.74) is 9.62. The number of nitrogens with zero attached hydrogens (tertiary/aromatic N) is 3. The number of H-pyrrole nitrogens is 1. The lowest BCUT2D eigenvalue weighted by Gasteiger charge is -2.26. The Hall–Kier alpha value is -2.80. The van der Waals surface area contributed by atoms with Gasteiger partial charge in [0.2, 0.25) is 0 Å². The summed E-state index contributed by atoms with van der Waals surface area (Å²) in [5.74, 6) is 0.418. The minimum absolute atomic E-state index is 0.184. The number of carbonyl (C=O) groups excluding carboxylic acids is 1. The molecule has 31 heavy (non-hydrogen) atoms. The Bertz CT molecular complexity index is 1010. The average Bonchev–Trinajstić information content (AvgIpc) is 3.45. The second-order valence-electron chi connectivity index (χ2n) is 8.96. The van der Waals surface area contributed by atoms with Gasteiger partial charge >= 0.3 is 0 Å². The summed E-state index contributed by atoms with van der Waals surface area (Å²) >= 11 is 0. The fourth-order valence-electron chi connectivity index (χ4n) is 4.58. The first kappa shape index (κ1) is 20.1. The van der Waals surface area contributed by atoms with Crippen molar-refractivity contribution in [2.45, 2.75) is 70.3 Å². The topological polar surface area (TPSA) is 95.1 Å². The third-order valence-corrected chi connectivity index (χ3v) is 6.66. The van der Waals surface area contributed by atoms with Crippen molar-refractivity contribution in [1.29, 1.82) is 0 Å². The third-order valence-electron chi connectivity index (χ3n) is 6.66. The average molecular weight is 419 g/mol. The Kier molecular flexibility index (Phi) is 5.68. The number of carbonyl (C=O) groups is 1. The number of hydrogen-bond donors (Lipinski definition) is 3. The maximum Gasteiger partial charge on any atom is 0.273 e. The summed E-state index contributed by atoms with van der Waals surface area (Å²) in [6, 6.07) is 0.762. The number of amides is 1. The van der Waals surface area contributed by atoms with Gasteiger partial charge in [-0.3, -0.25) is 4.79 Å². The maximum absolute atomic E-state index is 12.5. The number of hydrogen-bond acceptors (Lipinski definition) is 5. The highest BCUT2D eigenvalue weighted by Gasteiger charge is 2.32. The van der Waals surface area contributed by atoms with Crippen molar-refractivity contribution >= 4 is 17.7 Å². The molecule has 7 nitrogen and oxygen atoms in total. The van der Waals surface area contributed by atoms with E-state index in [1.165, 1.54) is 68.1 Å². The molecule has 2 fully saturated rings. The number of aromatic amines is 1. The van der Waals surface area contributed by atoms with Crippen LogP contribution in [-0.4, -0.2) is 39.2 Å². The zero-order valence-electron chi connectivity index (χ0n) is 18.1. The number of aryl methyl sites for hydroxylation is 1. The SMILES string of the molecule is Cc1[nH]c(C=C2C(=O)NN=C2c2cncnc2)c(C2CC2)c1CCCCNC1CCC1. The molecule has 2 aromatic rings. The van der Waals surface area contributed by atoms with Gasteiger partial charge in [-0.15, -0.1) is 0 Å². The zero-order chi connectivity index (χ0) is 21.2. The molecule has 0 saturated heterocycles. The lowest BCUT2D eigenvalue weighted by atomic mass is 9.93. The summed E-state index contributed by atoms with van der Waals surface area (Å²) in [6.07, 6.45) is 16.8. The first-order chi connectivity index (χ1) is 15.2. The van der Waals surface area contributed by atoms with Crippen molar-refractivity contribution in [1.82, 2.24) is 25.7 Å². The maximum atomic E-state index is 12.5. The van der Waals surface area contributed by atoms with Crippen LogP contribution in [0.25, 0.3) is 6.08 Å². The quantitative estimate of drug-likeness (QED) is 0.430. The van der Waals surface area contributed by atoms with Crippen molar-refractivity contribution < 1.29 is 4.79 Å². The Labute approximate surface area is 182 Å². The molecule has 3 heterocycles. The van der Waals surface area contributed by atoms with E-state index in [2.05, 4.69) is 37.7 Å². The van der Waals surface area contributed by atoms with E-state index in [1.54, 1.807) is 12.4 Å². The van der Waals surface area contributed by atoms with E-state index in [0.29, 0.717) is 17.2 Å². The molecule has 162 valence electrons. The highest BCUT2D eigenvalue weighted by Crippen LogP contribution is 2.45. The summed E-state index contributed by atoms with van der Waals surface area (Å²) in [7, 11) is 0. The fraction of sp³-hybridized carbons (Fsp3) is 0.500. The predicted molar refractivity (Wildman–Crippen MR) is 121 cm³/mol. The number of unbranched alkanes of at least 4 members (excludes halogenated alkanes) is 1. The van der Waals surface area contributed by atoms with Gasteiger partial charge in [-0.25, -0.2) is 15.4 Å². The minimum Gasteiger partial charge on any atom is -0.359 e. The summed E-state index contributed by atoms with van der Waals surface area (Å²) in [5, 5.41) is 7.89. The Morgan fingerprint density at radius 2 is 1.97 bits per heavy atom. The first-order valence-electron chi connectivity index (χ1n) is 11.5. The number of aromatic nitrogens is 3. The molecule has 0 bridgehead atoms. The molecule has 0 unspecified atom stereocenters. The van der Waals surface area contributed by atoms with Gasteiger partial charge in [0.05, 0.1) is 5.57 Å². The molecular weight excluding hydrogens is 388 g/mol.